The van der Waals surface area contributed by atoms with E-state index in [4.69, 9.17) is 52.1 Å². The molecule has 5 rings (SSSR count). The molecule has 0 amide bonds. The molecule has 21 heteroatoms. The van der Waals surface area contributed by atoms with Crippen LogP contribution in [-0.4, -0.2) is 183 Å². The Morgan fingerprint density at radius 3 is 1.71 bits per heavy atom. The van der Waals surface area contributed by atoms with Crippen LogP contribution in [0.5, 0.6) is 0 Å². The van der Waals surface area contributed by atoms with Gasteiger partial charge < -0.3 is 87.9 Å². The fourth-order valence-corrected chi connectivity index (χ4v) is 8.31. The second-order valence-corrected chi connectivity index (χ2v) is 18.1. The molecule has 7 N–H and O–H groups in total. The number of aliphatic hydroxyl groups is 7. The normalized spacial score (nSPS) is 44.1. The molecular formula is C44H74O21. The summed E-state index contributed by atoms with van der Waals surface area (Å²) in [6.45, 7) is 11.5. The molecule has 5 saturated heterocycles. The van der Waals surface area contributed by atoms with E-state index < -0.39 is 153 Å². The van der Waals surface area contributed by atoms with Crippen LogP contribution < -0.4 is 0 Å². The molecule has 5 fully saturated rings. The molecule has 0 saturated carbocycles. The van der Waals surface area contributed by atoms with Crippen molar-refractivity contribution >= 4 is 17.9 Å². The first kappa shape index (κ1) is 53.8. The Kier molecular flexibility index (Phi) is 20.6. The van der Waals surface area contributed by atoms with Gasteiger partial charge in [0, 0.05) is 13.0 Å². The second kappa shape index (κ2) is 24.9. The Hall–Kier alpha value is -2.19. The van der Waals surface area contributed by atoms with Gasteiger partial charge in [-0.2, -0.15) is 0 Å². The fraction of sp³-hybridized carbons (Fsp3) is 0.932. The zero-order valence-electron chi connectivity index (χ0n) is 38.5. The predicted molar refractivity (Wildman–Crippen MR) is 221 cm³/mol. The first-order valence-corrected chi connectivity index (χ1v) is 23.4. The molecule has 376 valence electrons. The van der Waals surface area contributed by atoms with Gasteiger partial charge in [-0.05, 0) is 46.5 Å². The third-order valence-electron chi connectivity index (χ3n) is 13.0. The van der Waals surface area contributed by atoms with E-state index >= 15 is 0 Å². The number of hydrogen-bond donors (Lipinski definition) is 7. The van der Waals surface area contributed by atoms with Gasteiger partial charge in [-0.25, -0.2) is 0 Å². The first-order valence-electron chi connectivity index (χ1n) is 23.4. The lowest BCUT2D eigenvalue weighted by atomic mass is 9.96. The van der Waals surface area contributed by atoms with Crippen LogP contribution in [0.15, 0.2) is 0 Å². The minimum Gasteiger partial charge on any atom is -0.457 e. The van der Waals surface area contributed by atoms with Crippen LogP contribution in [0.25, 0.3) is 0 Å². The quantitative estimate of drug-likeness (QED) is 0.129. The summed E-state index contributed by atoms with van der Waals surface area (Å²) < 4.78 is 66.3. The summed E-state index contributed by atoms with van der Waals surface area (Å²) in [7, 11) is 0. The maximum atomic E-state index is 13.8. The van der Waals surface area contributed by atoms with Gasteiger partial charge in [-0.1, -0.05) is 66.2 Å². The maximum Gasteiger partial charge on any atom is 0.309 e. The molecule has 0 aromatic carbocycles. The van der Waals surface area contributed by atoms with E-state index in [-0.39, 0.29) is 13.0 Å². The molecular weight excluding hydrogens is 864 g/mol. The first-order chi connectivity index (χ1) is 30.9. The van der Waals surface area contributed by atoms with Crippen LogP contribution in [0.4, 0.5) is 0 Å². The van der Waals surface area contributed by atoms with Crippen LogP contribution in [0.1, 0.15) is 119 Å². The van der Waals surface area contributed by atoms with Crippen LogP contribution in [0, 0.1) is 11.8 Å². The topological polar surface area (TPSA) is 294 Å². The number of hydrogen-bond acceptors (Lipinski definition) is 21. The molecule has 5 heterocycles. The Morgan fingerprint density at radius 1 is 0.554 bits per heavy atom. The number of aliphatic hydroxyl groups excluding tert-OH is 7. The van der Waals surface area contributed by atoms with E-state index in [1.54, 1.807) is 27.7 Å². The van der Waals surface area contributed by atoms with Gasteiger partial charge in [0.2, 0.25) is 0 Å². The average molecular weight is 939 g/mol. The van der Waals surface area contributed by atoms with E-state index in [0.717, 1.165) is 32.1 Å². The molecule has 0 aromatic rings. The zero-order chi connectivity index (χ0) is 47.7. The van der Waals surface area contributed by atoms with Crippen molar-refractivity contribution in [1.82, 2.24) is 0 Å². The lowest BCUT2D eigenvalue weighted by molar-refractivity contribution is -0.410. The van der Waals surface area contributed by atoms with Gasteiger partial charge >= 0.3 is 17.9 Å². The fourth-order valence-electron chi connectivity index (χ4n) is 8.31. The highest BCUT2D eigenvalue weighted by Gasteiger charge is 2.57. The minimum atomic E-state index is -2.05. The van der Waals surface area contributed by atoms with Crippen molar-refractivity contribution in [2.45, 2.75) is 242 Å². The smallest absolute Gasteiger partial charge is 0.309 e. The highest BCUT2D eigenvalue weighted by molar-refractivity contribution is 5.73. The Balaban J connectivity index is 1.51. The van der Waals surface area contributed by atoms with Crippen molar-refractivity contribution in [2.75, 3.05) is 6.61 Å². The van der Waals surface area contributed by atoms with Gasteiger partial charge in [0.05, 0.1) is 30.1 Å². The van der Waals surface area contributed by atoms with Crippen molar-refractivity contribution in [2.24, 2.45) is 11.8 Å². The van der Waals surface area contributed by atoms with Gasteiger partial charge in [0.25, 0.3) is 0 Å². The second-order valence-electron chi connectivity index (χ2n) is 18.1. The maximum absolute atomic E-state index is 13.8. The molecule has 5 aliphatic rings. The highest BCUT2D eigenvalue weighted by Crippen LogP contribution is 2.37. The van der Waals surface area contributed by atoms with E-state index in [9.17, 15) is 50.1 Å². The SMILES string of the molecule is CCC(C)C(=O)O[C@@H]1[C@@H]2O[C@H]3[C@@H](O[C@H]4[C@@H](OCCCCCCCCCCC(=O)O[C@@H]1[C@@H](O[C@@H]1O[C@H](C)[C@@H](OC(=O)C(C)CC)[C@H](O)[C@H]1O)[C@H](C)O2)O[C@H](C)[C@@H](O)[C@@H]4O)O[C@H](O)[C@@H](O)[C@@H]3O. The van der Waals surface area contributed by atoms with Crippen LogP contribution in [-0.2, 0) is 66.5 Å². The van der Waals surface area contributed by atoms with Gasteiger partial charge in [0.1, 0.15) is 54.9 Å². The molecule has 0 aromatic heterocycles. The largest absolute Gasteiger partial charge is 0.457 e. The summed E-state index contributed by atoms with van der Waals surface area (Å²) in [6, 6.07) is 0. The third kappa shape index (κ3) is 13.5. The van der Waals surface area contributed by atoms with E-state index in [1.807, 2.05) is 0 Å². The Bertz CT molecular complexity index is 1490. The third-order valence-corrected chi connectivity index (χ3v) is 13.0. The lowest BCUT2D eigenvalue weighted by Gasteiger charge is -2.49. The predicted octanol–water partition coefficient (Wildman–Crippen LogP) is 0.585. The average Bonchev–Trinajstić information content (AvgIpc) is 3.27. The molecule has 0 spiro atoms. The standard InChI is InChI=1S/C44H74O21/c1-8-20(3)38(52)60-32-23(6)57-41(31(51)29(32)49)62-33-24(7)58-44-37(61-39(53)21(4)9-2)36(33)59-25(45)18-16-14-12-10-11-13-15-17-19-55-42-34(27(47)26(46)22(5)56-42)63-43-35(64-44)28(48)30(50)40(54)65-43/h20-24,26-37,40-44,46-51,54H,8-19H2,1-7H3/t20?,21?,22-,23-,24+,26-,27+,28+,29-,30+,31-,32-,33+,34-,35-,36-,37+,40+,41+,42+,43+,44+/m1/s1. The number of ether oxygens (including phenoxy) is 11. The summed E-state index contributed by atoms with van der Waals surface area (Å²) >= 11 is 0. The van der Waals surface area contributed by atoms with E-state index in [0.29, 0.717) is 32.1 Å². The number of rotatable bonds is 8. The molecule has 0 aliphatic carbocycles. The van der Waals surface area contributed by atoms with Crippen molar-refractivity contribution in [1.29, 1.82) is 0 Å². The number of carbonyl (C=O) groups excluding carboxylic acids is 3. The number of carbonyl (C=O) groups is 3. The molecule has 5 aliphatic heterocycles. The van der Waals surface area contributed by atoms with Crippen molar-refractivity contribution < 1.29 is 102 Å². The Labute approximate surface area is 380 Å². The van der Waals surface area contributed by atoms with Crippen LogP contribution in [0.2, 0.25) is 0 Å². The van der Waals surface area contributed by atoms with Crippen molar-refractivity contribution in [3.63, 3.8) is 0 Å². The Morgan fingerprint density at radius 2 is 1.08 bits per heavy atom. The molecule has 0 radical (unpaired) electrons. The van der Waals surface area contributed by atoms with Gasteiger partial charge in [-0.3, -0.25) is 14.4 Å². The molecule has 2 bridgehead atoms. The van der Waals surface area contributed by atoms with Crippen molar-refractivity contribution in [3.05, 3.63) is 0 Å². The van der Waals surface area contributed by atoms with Crippen molar-refractivity contribution in [3.8, 4) is 0 Å². The number of esters is 3. The molecule has 65 heavy (non-hydrogen) atoms. The summed E-state index contributed by atoms with van der Waals surface area (Å²) in [4.78, 5) is 40.2. The summed E-state index contributed by atoms with van der Waals surface area (Å²) in [6.07, 6.45) is -24.6. The van der Waals surface area contributed by atoms with Gasteiger partial charge in [0.15, 0.2) is 49.8 Å². The zero-order valence-corrected chi connectivity index (χ0v) is 38.5. The van der Waals surface area contributed by atoms with Gasteiger partial charge in [-0.15, -0.1) is 0 Å². The highest BCUT2D eigenvalue weighted by atomic mass is 16.8. The van der Waals surface area contributed by atoms with E-state index in [1.165, 1.54) is 20.8 Å². The minimum absolute atomic E-state index is 0.0402. The molecule has 22 atom stereocenters. The summed E-state index contributed by atoms with van der Waals surface area (Å²) in [5.41, 5.74) is 0. The molecule has 2 unspecified atom stereocenters. The summed E-state index contributed by atoms with van der Waals surface area (Å²) in [5.74, 6) is -3.28. The van der Waals surface area contributed by atoms with Crippen LogP contribution >= 0.6 is 0 Å². The monoisotopic (exact) mass is 938 g/mol. The summed E-state index contributed by atoms with van der Waals surface area (Å²) in [5, 5.41) is 77.7. The van der Waals surface area contributed by atoms with E-state index in [2.05, 4.69) is 0 Å². The lowest BCUT2D eigenvalue weighted by Crippen LogP contribution is -2.67. The molecule has 21 nitrogen and oxygen atoms in total. The van der Waals surface area contributed by atoms with Crippen LogP contribution in [0.3, 0.4) is 0 Å². The number of fused-ring (bicyclic) bond motifs is 4.